The van der Waals surface area contributed by atoms with Gasteiger partial charge in [0, 0.05) is 24.8 Å². The van der Waals surface area contributed by atoms with Crippen molar-refractivity contribution in [3.05, 3.63) is 47.5 Å². The molecule has 1 saturated heterocycles. The molecule has 5 rings (SSSR count). The molecule has 3 heterocycles. The molecule has 0 bridgehead atoms. The van der Waals surface area contributed by atoms with Crippen LogP contribution in [0.2, 0.25) is 0 Å². The zero-order valence-electron chi connectivity index (χ0n) is 21.0. The van der Waals surface area contributed by atoms with Gasteiger partial charge >= 0.3 is 0 Å². The molecule has 0 aromatic heterocycles. The molecule has 3 aliphatic heterocycles. The molecular weight excluding hydrogens is 478 g/mol. The van der Waals surface area contributed by atoms with Crippen molar-refractivity contribution < 1.29 is 33.3 Å². The van der Waals surface area contributed by atoms with E-state index in [0.29, 0.717) is 59.9 Å². The topological polar surface area (TPSA) is 115 Å². The van der Waals surface area contributed by atoms with Crippen molar-refractivity contribution >= 4 is 23.4 Å². The lowest BCUT2D eigenvalue weighted by Gasteiger charge is -2.42. The number of nitrogens with zero attached hydrogens (tertiary/aromatic N) is 1. The molecule has 0 spiro atoms. The van der Waals surface area contributed by atoms with Gasteiger partial charge in [-0.15, -0.1) is 0 Å². The molecule has 2 aromatic rings. The Hall–Kier alpha value is -3.79. The fourth-order valence-electron chi connectivity index (χ4n) is 4.89. The number of benzene rings is 2. The highest BCUT2D eigenvalue weighted by Gasteiger charge is 2.39. The van der Waals surface area contributed by atoms with Gasteiger partial charge in [-0.25, -0.2) is 0 Å². The van der Waals surface area contributed by atoms with Gasteiger partial charge in [0.1, 0.15) is 18.5 Å². The van der Waals surface area contributed by atoms with Crippen LogP contribution in [0.5, 0.6) is 17.2 Å². The van der Waals surface area contributed by atoms with Gasteiger partial charge in [-0.05, 0) is 55.7 Å². The van der Waals surface area contributed by atoms with Gasteiger partial charge in [-0.3, -0.25) is 14.4 Å². The summed E-state index contributed by atoms with van der Waals surface area (Å²) in [5.74, 6) is 0.959. The minimum Gasteiger partial charge on any atom is -0.490 e. The number of nitrogens with one attached hydrogen (secondary N) is 2. The van der Waals surface area contributed by atoms with E-state index in [1.807, 2.05) is 6.92 Å². The number of anilines is 1. The Bertz CT molecular complexity index is 1200. The third-order valence-electron chi connectivity index (χ3n) is 6.89. The van der Waals surface area contributed by atoms with Crippen molar-refractivity contribution in [1.82, 2.24) is 10.2 Å². The highest BCUT2D eigenvalue weighted by Crippen LogP contribution is 2.34. The summed E-state index contributed by atoms with van der Waals surface area (Å²) in [6.45, 7) is 3.04. The predicted molar refractivity (Wildman–Crippen MR) is 134 cm³/mol. The molecule has 0 saturated carbocycles. The van der Waals surface area contributed by atoms with Crippen LogP contribution in [0.15, 0.2) is 36.4 Å². The van der Waals surface area contributed by atoms with E-state index in [0.717, 1.165) is 6.42 Å². The molecule has 10 heteroatoms. The van der Waals surface area contributed by atoms with E-state index >= 15 is 0 Å². The van der Waals surface area contributed by atoms with E-state index in [-0.39, 0.29) is 49.4 Å². The van der Waals surface area contributed by atoms with Crippen LogP contribution >= 0.6 is 0 Å². The van der Waals surface area contributed by atoms with Crippen LogP contribution in [0.25, 0.3) is 0 Å². The van der Waals surface area contributed by atoms with Crippen molar-refractivity contribution in [3.63, 3.8) is 0 Å². The number of carbonyl (C=O) groups excluding carboxylic acids is 3. The van der Waals surface area contributed by atoms with Gasteiger partial charge in [-0.2, -0.15) is 0 Å². The van der Waals surface area contributed by atoms with E-state index in [1.54, 1.807) is 48.3 Å². The van der Waals surface area contributed by atoms with Crippen LogP contribution in [-0.2, 0) is 9.53 Å². The van der Waals surface area contributed by atoms with Crippen molar-refractivity contribution in [2.45, 2.75) is 50.9 Å². The number of hydrogen-bond acceptors (Lipinski definition) is 7. The second-order valence-electron chi connectivity index (χ2n) is 9.46. The lowest BCUT2D eigenvalue weighted by Crippen LogP contribution is -2.54. The average molecular weight is 510 g/mol. The first kappa shape index (κ1) is 24.9. The first-order chi connectivity index (χ1) is 17.9. The van der Waals surface area contributed by atoms with E-state index < -0.39 is 0 Å². The average Bonchev–Trinajstić information content (AvgIpc) is 3.38. The summed E-state index contributed by atoms with van der Waals surface area (Å²) < 4.78 is 22.9. The number of rotatable bonds is 6. The molecule has 3 amide bonds. The highest BCUT2D eigenvalue weighted by molar-refractivity contribution is 6.06. The highest BCUT2D eigenvalue weighted by atomic mass is 16.7. The third-order valence-corrected chi connectivity index (χ3v) is 6.89. The maximum atomic E-state index is 13.4. The fraction of sp³-hybridized carbons (Fsp3) is 0.444. The SMILES string of the molecule is CCCNC(=O)C[C@@H]1CC[C@@H]2[C@H](COc3ccc(NC(=O)c4ccc5c(c4)OCO5)cc3C(=O)N2C)O1. The largest absolute Gasteiger partial charge is 0.490 e. The van der Waals surface area contributed by atoms with E-state index in [1.165, 1.54) is 0 Å². The lowest BCUT2D eigenvalue weighted by atomic mass is 9.94. The third kappa shape index (κ3) is 5.34. The molecule has 0 radical (unpaired) electrons. The van der Waals surface area contributed by atoms with Gasteiger partial charge < -0.3 is 34.5 Å². The van der Waals surface area contributed by atoms with Gasteiger partial charge in [-0.1, -0.05) is 6.92 Å². The zero-order chi connectivity index (χ0) is 25.9. The fourth-order valence-corrected chi connectivity index (χ4v) is 4.89. The Labute approximate surface area is 215 Å². The Morgan fingerprint density at radius 2 is 1.84 bits per heavy atom. The monoisotopic (exact) mass is 509 g/mol. The minimum absolute atomic E-state index is 0.0258. The molecule has 2 aromatic carbocycles. The van der Waals surface area contributed by atoms with Crippen LogP contribution in [-0.4, -0.2) is 67.9 Å². The van der Waals surface area contributed by atoms with Crippen LogP contribution in [0, 0.1) is 0 Å². The number of fused-ring (bicyclic) bond motifs is 3. The quantitative estimate of drug-likeness (QED) is 0.615. The molecule has 1 fully saturated rings. The van der Waals surface area contributed by atoms with E-state index in [9.17, 15) is 14.4 Å². The normalized spacial score (nSPS) is 22.2. The predicted octanol–water partition coefficient (Wildman–Crippen LogP) is 2.96. The van der Waals surface area contributed by atoms with Gasteiger partial charge in [0.25, 0.3) is 11.8 Å². The molecule has 3 atom stereocenters. The standard InChI is InChI=1S/C27H31N3O7/c1-3-10-28-25(31)13-18-6-7-20-24(37-18)14-34-21-9-5-17(12-19(21)27(33)30(20)2)29-26(32)16-4-8-22-23(11-16)36-15-35-22/h4-5,8-9,11-12,18,20,24H,3,6-7,10,13-15H2,1-2H3,(H,28,31)(H,29,32)/t18-,20+,24-/m0/s1. The second-order valence-corrected chi connectivity index (χ2v) is 9.46. The summed E-state index contributed by atoms with van der Waals surface area (Å²) in [4.78, 5) is 40.1. The molecule has 0 aliphatic carbocycles. The summed E-state index contributed by atoms with van der Waals surface area (Å²) in [5.41, 5.74) is 1.25. The number of likely N-dealkylation sites (N-methyl/N-ethyl adjacent to an activating group) is 1. The Morgan fingerprint density at radius 3 is 2.68 bits per heavy atom. The first-order valence-corrected chi connectivity index (χ1v) is 12.6. The Kier molecular flexibility index (Phi) is 7.18. The molecule has 0 unspecified atom stereocenters. The summed E-state index contributed by atoms with van der Waals surface area (Å²) in [5, 5.41) is 5.73. The van der Waals surface area contributed by atoms with Gasteiger partial charge in [0.05, 0.1) is 24.1 Å². The van der Waals surface area contributed by atoms with Crippen LogP contribution < -0.4 is 24.8 Å². The van der Waals surface area contributed by atoms with E-state index in [4.69, 9.17) is 18.9 Å². The van der Waals surface area contributed by atoms with Crippen molar-refractivity contribution in [2.24, 2.45) is 0 Å². The molecule has 37 heavy (non-hydrogen) atoms. The number of ether oxygens (including phenoxy) is 4. The Morgan fingerprint density at radius 1 is 1.03 bits per heavy atom. The van der Waals surface area contributed by atoms with E-state index in [2.05, 4.69) is 10.6 Å². The summed E-state index contributed by atoms with van der Waals surface area (Å²) in [6, 6.07) is 9.79. The molecule has 3 aliphatic rings. The Balaban J connectivity index is 1.28. The maximum absolute atomic E-state index is 13.4. The number of carbonyl (C=O) groups is 3. The molecule has 2 N–H and O–H groups in total. The summed E-state index contributed by atoms with van der Waals surface area (Å²) in [7, 11) is 1.75. The zero-order valence-corrected chi connectivity index (χ0v) is 21.0. The van der Waals surface area contributed by atoms with Gasteiger partial charge in [0.15, 0.2) is 11.5 Å². The number of amides is 3. The van der Waals surface area contributed by atoms with Gasteiger partial charge in [0.2, 0.25) is 12.7 Å². The lowest BCUT2D eigenvalue weighted by molar-refractivity contribution is -0.134. The summed E-state index contributed by atoms with van der Waals surface area (Å²) >= 11 is 0. The van der Waals surface area contributed by atoms with Crippen molar-refractivity contribution in [2.75, 3.05) is 32.3 Å². The first-order valence-electron chi connectivity index (χ1n) is 12.6. The maximum Gasteiger partial charge on any atom is 0.257 e. The smallest absolute Gasteiger partial charge is 0.257 e. The minimum atomic E-state index is -0.342. The number of hydrogen-bond donors (Lipinski definition) is 2. The van der Waals surface area contributed by atoms with Crippen LogP contribution in [0.4, 0.5) is 5.69 Å². The van der Waals surface area contributed by atoms with Crippen LogP contribution in [0.3, 0.4) is 0 Å². The van der Waals surface area contributed by atoms with Crippen molar-refractivity contribution in [1.29, 1.82) is 0 Å². The molecule has 10 nitrogen and oxygen atoms in total. The summed E-state index contributed by atoms with van der Waals surface area (Å²) in [6.07, 6.45) is 2.01. The van der Waals surface area contributed by atoms with Crippen LogP contribution in [0.1, 0.15) is 53.3 Å². The molecule has 196 valence electrons. The second kappa shape index (κ2) is 10.7. The molecular formula is C27H31N3O7. The van der Waals surface area contributed by atoms with Crippen molar-refractivity contribution in [3.8, 4) is 17.2 Å².